The molecule has 0 spiro atoms. The standard InChI is InChI=1S/C14H15F3O2/c1-12(2)7-13(8-12,11(18)19)9-5-3-4-6-10(9)14(15,16)17/h3-6H,7-8H2,1-2H3,(H,18,19). The third-order valence-electron chi connectivity index (χ3n) is 3.72. The minimum atomic E-state index is -4.53. The quantitative estimate of drug-likeness (QED) is 0.888. The van der Waals surface area contributed by atoms with Gasteiger partial charge in [0.1, 0.15) is 0 Å². The molecule has 5 heteroatoms. The molecular formula is C14H15F3O2. The molecule has 1 aromatic rings. The fraction of sp³-hybridized carbons (Fsp3) is 0.500. The summed E-state index contributed by atoms with van der Waals surface area (Å²) in [5.74, 6) is -1.18. The summed E-state index contributed by atoms with van der Waals surface area (Å²) in [6.07, 6.45) is -4.08. The van der Waals surface area contributed by atoms with Crippen molar-refractivity contribution >= 4 is 5.97 Å². The smallest absolute Gasteiger partial charge is 0.416 e. The van der Waals surface area contributed by atoms with Crippen molar-refractivity contribution in [3.05, 3.63) is 35.4 Å². The summed E-state index contributed by atoms with van der Waals surface area (Å²) in [7, 11) is 0. The Morgan fingerprint density at radius 3 is 2.16 bits per heavy atom. The number of halogens is 3. The van der Waals surface area contributed by atoms with Gasteiger partial charge in [-0.1, -0.05) is 32.0 Å². The Morgan fingerprint density at radius 1 is 1.21 bits per heavy atom. The second kappa shape index (κ2) is 3.99. The average molecular weight is 272 g/mol. The molecule has 0 amide bonds. The van der Waals surface area contributed by atoms with Gasteiger partial charge in [0.25, 0.3) is 0 Å². The van der Waals surface area contributed by atoms with Gasteiger partial charge < -0.3 is 5.11 Å². The van der Waals surface area contributed by atoms with Crippen LogP contribution in [-0.2, 0) is 16.4 Å². The van der Waals surface area contributed by atoms with Crippen molar-refractivity contribution in [3.8, 4) is 0 Å². The first-order chi connectivity index (χ1) is 8.58. The van der Waals surface area contributed by atoms with Gasteiger partial charge >= 0.3 is 12.1 Å². The van der Waals surface area contributed by atoms with E-state index in [-0.39, 0.29) is 23.8 Å². The molecular weight excluding hydrogens is 257 g/mol. The molecule has 1 aromatic carbocycles. The maximum absolute atomic E-state index is 13.0. The Labute approximate surface area is 109 Å². The maximum atomic E-state index is 13.0. The van der Waals surface area contributed by atoms with Gasteiger partial charge in [-0.15, -0.1) is 0 Å². The van der Waals surface area contributed by atoms with Crippen LogP contribution in [0.25, 0.3) is 0 Å². The van der Waals surface area contributed by atoms with Gasteiger partial charge in [0.15, 0.2) is 0 Å². The van der Waals surface area contributed by atoms with Gasteiger partial charge in [-0.05, 0) is 29.9 Å². The topological polar surface area (TPSA) is 37.3 Å². The van der Waals surface area contributed by atoms with Crippen LogP contribution in [0, 0.1) is 5.41 Å². The number of rotatable bonds is 2. The highest BCUT2D eigenvalue weighted by Crippen LogP contribution is 2.57. The predicted molar refractivity (Wildman–Crippen MR) is 63.8 cm³/mol. The molecule has 0 aromatic heterocycles. The molecule has 0 saturated heterocycles. The van der Waals surface area contributed by atoms with Gasteiger partial charge in [-0.2, -0.15) is 13.2 Å². The van der Waals surface area contributed by atoms with E-state index in [1.807, 2.05) is 13.8 Å². The SMILES string of the molecule is CC1(C)CC(C(=O)O)(c2ccccc2C(F)(F)F)C1. The number of carboxylic acid groups (broad SMARTS) is 1. The molecule has 1 N–H and O–H groups in total. The third-order valence-corrected chi connectivity index (χ3v) is 3.72. The first-order valence-electron chi connectivity index (χ1n) is 5.99. The first-order valence-corrected chi connectivity index (χ1v) is 5.99. The van der Waals surface area contributed by atoms with Gasteiger partial charge in [0, 0.05) is 0 Å². The Hall–Kier alpha value is -1.52. The molecule has 2 rings (SSSR count). The lowest BCUT2D eigenvalue weighted by molar-refractivity contribution is -0.155. The largest absolute Gasteiger partial charge is 0.481 e. The molecule has 0 unspecified atom stereocenters. The summed E-state index contributed by atoms with van der Waals surface area (Å²) < 4.78 is 39.0. The summed E-state index contributed by atoms with van der Waals surface area (Å²) in [5.41, 5.74) is -2.60. The summed E-state index contributed by atoms with van der Waals surface area (Å²) in [6, 6.07) is 4.98. The molecule has 0 bridgehead atoms. The third kappa shape index (κ3) is 2.22. The van der Waals surface area contributed by atoms with Crippen LogP contribution in [0.3, 0.4) is 0 Å². The minimum absolute atomic E-state index is 0.116. The lowest BCUT2D eigenvalue weighted by Crippen LogP contribution is -2.52. The van der Waals surface area contributed by atoms with Crippen LogP contribution in [-0.4, -0.2) is 11.1 Å². The van der Waals surface area contributed by atoms with Crippen molar-refractivity contribution in [1.29, 1.82) is 0 Å². The van der Waals surface area contributed by atoms with Crippen molar-refractivity contribution in [3.63, 3.8) is 0 Å². The molecule has 0 radical (unpaired) electrons. The highest BCUT2D eigenvalue weighted by atomic mass is 19.4. The summed E-state index contributed by atoms with van der Waals surface area (Å²) in [4.78, 5) is 11.5. The Balaban J connectivity index is 2.55. The molecule has 104 valence electrons. The number of hydrogen-bond donors (Lipinski definition) is 1. The Morgan fingerprint density at radius 2 is 1.74 bits per heavy atom. The van der Waals surface area contributed by atoms with E-state index in [9.17, 15) is 23.1 Å². The summed E-state index contributed by atoms with van der Waals surface area (Å²) >= 11 is 0. The van der Waals surface area contributed by atoms with E-state index < -0.39 is 23.1 Å². The molecule has 1 saturated carbocycles. The second-order valence-electron chi connectivity index (χ2n) is 5.95. The molecule has 0 heterocycles. The van der Waals surface area contributed by atoms with Crippen LogP contribution in [0.15, 0.2) is 24.3 Å². The zero-order valence-electron chi connectivity index (χ0n) is 10.7. The lowest BCUT2D eigenvalue weighted by Gasteiger charge is -2.51. The highest BCUT2D eigenvalue weighted by Gasteiger charge is 2.57. The second-order valence-corrected chi connectivity index (χ2v) is 5.95. The van der Waals surface area contributed by atoms with E-state index in [4.69, 9.17) is 0 Å². The molecule has 1 aliphatic carbocycles. The summed E-state index contributed by atoms with van der Waals surface area (Å²) in [5, 5.41) is 9.39. The number of carboxylic acids is 1. The number of alkyl halides is 3. The maximum Gasteiger partial charge on any atom is 0.416 e. The number of aliphatic carboxylic acids is 1. The molecule has 0 atom stereocenters. The molecule has 2 nitrogen and oxygen atoms in total. The van der Waals surface area contributed by atoms with Crippen molar-refractivity contribution in [2.45, 2.75) is 38.3 Å². The molecule has 1 fully saturated rings. The summed E-state index contributed by atoms with van der Waals surface area (Å²) in [6.45, 7) is 3.73. The van der Waals surface area contributed by atoms with E-state index in [2.05, 4.69) is 0 Å². The fourth-order valence-electron chi connectivity index (χ4n) is 3.19. The normalized spacial score (nSPS) is 20.7. The van der Waals surface area contributed by atoms with Crippen molar-refractivity contribution in [2.75, 3.05) is 0 Å². The zero-order valence-corrected chi connectivity index (χ0v) is 10.7. The van der Waals surface area contributed by atoms with Crippen LogP contribution in [0.1, 0.15) is 37.8 Å². The van der Waals surface area contributed by atoms with E-state index in [1.54, 1.807) is 0 Å². The average Bonchev–Trinajstić information content (AvgIpc) is 2.23. The minimum Gasteiger partial charge on any atom is -0.481 e. The van der Waals surface area contributed by atoms with Gasteiger partial charge in [-0.25, -0.2) is 0 Å². The van der Waals surface area contributed by atoms with Crippen molar-refractivity contribution in [2.24, 2.45) is 5.41 Å². The predicted octanol–water partition coefficient (Wildman–Crippen LogP) is 3.85. The molecule has 1 aliphatic rings. The first kappa shape index (κ1) is 13.9. The number of benzene rings is 1. The highest BCUT2D eigenvalue weighted by molar-refractivity contribution is 5.83. The van der Waals surface area contributed by atoms with E-state index in [0.717, 1.165) is 6.07 Å². The van der Waals surface area contributed by atoms with E-state index in [0.29, 0.717) is 0 Å². The Kier molecular flexibility index (Phi) is 2.92. The van der Waals surface area contributed by atoms with Gasteiger partial charge in [0.05, 0.1) is 11.0 Å². The monoisotopic (exact) mass is 272 g/mol. The van der Waals surface area contributed by atoms with Crippen LogP contribution in [0.4, 0.5) is 13.2 Å². The Bertz CT molecular complexity index is 510. The van der Waals surface area contributed by atoms with Gasteiger partial charge in [-0.3, -0.25) is 4.79 Å². The fourth-order valence-corrected chi connectivity index (χ4v) is 3.19. The zero-order chi connectivity index (χ0) is 14.5. The number of hydrogen-bond acceptors (Lipinski definition) is 1. The van der Waals surface area contributed by atoms with E-state index in [1.165, 1.54) is 18.2 Å². The lowest BCUT2D eigenvalue weighted by atomic mass is 9.51. The van der Waals surface area contributed by atoms with Crippen LogP contribution in [0.2, 0.25) is 0 Å². The van der Waals surface area contributed by atoms with Crippen LogP contribution in [0.5, 0.6) is 0 Å². The van der Waals surface area contributed by atoms with Crippen LogP contribution < -0.4 is 0 Å². The van der Waals surface area contributed by atoms with Crippen molar-refractivity contribution < 1.29 is 23.1 Å². The molecule has 19 heavy (non-hydrogen) atoms. The van der Waals surface area contributed by atoms with Gasteiger partial charge in [0.2, 0.25) is 0 Å². The van der Waals surface area contributed by atoms with Crippen molar-refractivity contribution in [1.82, 2.24) is 0 Å². The van der Waals surface area contributed by atoms with E-state index >= 15 is 0 Å². The number of carbonyl (C=O) groups is 1. The molecule has 0 aliphatic heterocycles. The van der Waals surface area contributed by atoms with Crippen LogP contribution >= 0.6 is 0 Å².